The van der Waals surface area contributed by atoms with Crippen molar-refractivity contribution in [2.24, 2.45) is 5.73 Å². The third kappa shape index (κ3) is 3.54. The molecule has 0 aliphatic rings. The van der Waals surface area contributed by atoms with Gasteiger partial charge in [0.05, 0.1) is 5.56 Å². The molecule has 1 aromatic carbocycles. The van der Waals surface area contributed by atoms with Crippen LogP contribution in [0.4, 0.5) is 0 Å². The van der Waals surface area contributed by atoms with Crippen LogP contribution in [0.5, 0.6) is 5.75 Å². The van der Waals surface area contributed by atoms with Gasteiger partial charge in [-0.1, -0.05) is 28.1 Å². The molecule has 0 atom stereocenters. The molecule has 0 aliphatic heterocycles. The molecule has 1 aromatic heterocycles. The van der Waals surface area contributed by atoms with Crippen molar-refractivity contribution in [2.75, 3.05) is 0 Å². The summed E-state index contributed by atoms with van der Waals surface area (Å²) in [7, 11) is 0. The molecular formula is C12H9Br2NOS2. The molecule has 0 bridgehead atoms. The first kappa shape index (κ1) is 14.0. The Kier molecular flexibility index (Phi) is 4.77. The van der Waals surface area contributed by atoms with Gasteiger partial charge in [-0.2, -0.15) is 0 Å². The van der Waals surface area contributed by atoms with E-state index in [-0.39, 0.29) is 0 Å². The Morgan fingerprint density at radius 3 is 2.67 bits per heavy atom. The molecule has 2 N–H and O–H groups in total. The van der Waals surface area contributed by atoms with Crippen molar-refractivity contribution in [1.82, 2.24) is 0 Å². The van der Waals surface area contributed by atoms with Crippen LogP contribution >= 0.6 is 55.4 Å². The molecule has 94 valence electrons. The number of benzene rings is 1. The number of thiocarbonyl (C=S) groups is 1. The average molecular weight is 407 g/mol. The highest BCUT2D eigenvalue weighted by Gasteiger charge is 2.08. The summed E-state index contributed by atoms with van der Waals surface area (Å²) in [5.41, 5.74) is 6.43. The van der Waals surface area contributed by atoms with Crippen LogP contribution in [0, 0.1) is 0 Å². The lowest BCUT2D eigenvalue weighted by Gasteiger charge is -2.10. The largest absolute Gasteiger partial charge is 0.487 e. The molecular weight excluding hydrogens is 398 g/mol. The number of hydrogen-bond acceptors (Lipinski definition) is 3. The number of hydrogen-bond donors (Lipinski definition) is 1. The van der Waals surface area contributed by atoms with E-state index in [2.05, 4.69) is 31.9 Å². The molecule has 0 amide bonds. The Balaban J connectivity index is 2.16. The predicted octanol–water partition coefficient (Wildman–Crippen LogP) is 4.49. The number of halogens is 2. The summed E-state index contributed by atoms with van der Waals surface area (Å²) in [6, 6.07) is 7.66. The van der Waals surface area contributed by atoms with Crippen LogP contribution in [-0.2, 0) is 6.61 Å². The maximum absolute atomic E-state index is 5.75. The van der Waals surface area contributed by atoms with Crippen LogP contribution in [0.15, 0.2) is 38.6 Å². The summed E-state index contributed by atoms with van der Waals surface area (Å²) < 4.78 is 7.75. The Labute approximate surface area is 131 Å². The molecule has 2 rings (SSSR count). The highest BCUT2D eigenvalue weighted by atomic mass is 79.9. The van der Waals surface area contributed by atoms with Crippen molar-refractivity contribution in [1.29, 1.82) is 0 Å². The topological polar surface area (TPSA) is 35.2 Å². The first-order valence-electron chi connectivity index (χ1n) is 5.01. The van der Waals surface area contributed by atoms with Gasteiger partial charge in [0.25, 0.3) is 0 Å². The van der Waals surface area contributed by atoms with Gasteiger partial charge < -0.3 is 10.5 Å². The molecule has 0 spiro atoms. The van der Waals surface area contributed by atoms with E-state index in [0.29, 0.717) is 17.3 Å². The van der Waals surface area contributed by atoms with Gasteiger partial charge in [-0.15, -0.1) is 11.3 Å². The maximum atomic E-state index is 5.75. The van der Waals surface area contributed by atoms with Gasteiger partial charge in [-0.05, 0) is 40.2 Å². The van der Waals surface area contributed by atoms with Crippen LogP contribution < -0.4 is 10.5 Å². The van der Waals surface area contributed by atoms with E-state index in [0.717, 1.165) is 19.4 Å². The second kappa shape index (κ2) is 6.14. The SMILES string of the molecule is NC(=S)c1cc(Br)ccc1OCc1cc(Br)cs1. The molecule has 1 heterocycles. The summed E-state index contributed by atoms with van der Waals surface area (Å²) in [5, 5.41) is 2.02. The summed E-state index contributed by atoms with van der Waals surface area (Å²) in [6.07, 6.45) is 0. The zero-order chi connectivity index (χ0) is 13.1. The summed E-state index contributed by atoms with van der Waals surface area (Å²) in [6.45, 7) is 0.507. The molecule has 0 aliphatic carbocycles. The zero-order valence-electron chi connectivity index (χ0n) is 9.15. The fraction of sp³-hybridized carbons (Fsp3) is 0.0833. The molecule has 0 fully saturated rings. The van der Waals surface area contributed by atoms with Crippen molar-refractivity contribution < 1.29 is 4.74 Å². The normalized spacial score (nSPS) is 10.3. The lowest BCUT2D eigenvalue weighted by atomic mass is 10.2. The second-order valence-corrected chi connectivity index (χ2v) is 6.79. The minimum atomic E-state index is 0.332. The first-order valence-corrected chi connectivity index (χ1v) is 7.88. The maximum Gasteiger partial charge on any atom is 0.130 e. The monoisotopic (exact) mass is 405 g/mol. The van der Waals surface area contributed by atoms with Crippen molar-refractivity contribution >= 4 is 60.4 Å². The fourth-order valence-electron chi connectivity index (χ4n) is 1.40. The van der Waals surface area contributed by atoms with E-state index >= 15 is 0 Å². The smallest absolute Gasteiger partial charge is 0.130 e. The van der Waals surface area contributed by atoms with Gasteiger partial charge in [0, 0.05) is 19.2 Å². The Morgan fingerprint density at radius 2 is 2.06 bits per heavy atom. The van der Waals surface area contributed by atoms with Crippen molar-refractivity contribution in [3.05, 3.63) is 49.0 Å². The molecule has 2 aromatic rings. The minimum absolute atomic E-state index is 0.332. The summed E-state index contributed by atoms with van der Waals surface area (Å²) in [4.78, 5) is 1.47. The first-order chi connectivity index (χ1) is 8.56. The minimum Gasteiger partial charge on any atom is -0.487 e. The molecule has 2 nitrogen and oxygen atoms in total. The van der Waals surface area contributed by atoms with Crippen LogP contribution in [0.1, 0.15) is 10.4 Å². The van der Waals surface area contributed by atoms with Crippen molar-refractivity contribution in [3.8, 4) is 5.75 Å². The highest BCUT2D eigenvalue weighted by molar-refractivity contribution is 9.10. The van der Waals surface area contributed by atoms with Crippen molar-refractivity contribution in [3.63, 3.8) is 0 Å². The Bertz CT molecular complexity index is 583. The second-order valence-electron chi connectivity index (χ2n) is 3.52. The van der Waals surface area contributed by atoms with Crippen LogP contribution in [0.3, 0.4) is 0 Å². The number of thiophene rings is 1. The highest BCUT2D eigenvalue weighted by Crippen LogP contribution is 2.26. The number of ether oxygens (including phenoxy) is 1. The van der Waals surface area contributed by atoms with E-state index < -0.39 is 0 Å². The standard InChI is InChI=1S/C12H9Br2NOS2/c13-7-1-2-11(10(4-7)12(15)17)16-5-9-3-8(14)6-18-9/h1-4,6H,5H2,(H2,15,17). The van der Waals surface area contributed by atoms with Gasteiger partial charge in [0.1, 0.15) is 17.3 Å². The van der Waals surface area contributed by atoms with Crippen LogP contribution in [0.25, 0.3) is 0 Å². The third-order valence-corrected chi connectivity index (χ3v) is 4.58. The number of rotatable bonds is 4. The molecule has 6 heteroatoms. The fourth-order valence-corrected chi connectivity index (χ4v) is 3.28. The lowest BCUT2D eigenvalue weighted by molar-refractivity contribution is 0.309. The van der Waals surface area contributed by atoms with E-state index in [1.165, 1.54) is 0 Å². The zero-order valence-corrected chi connectivity index (χ0v) is 14.0. The Morgan fingerprint density at radius 1 is 1.28 bits per heavy atom. The van der Waals surface area contributed by atoms with Gasteiger partial charge in [0.2, 0.25) is 0 Å². The molecule has 0 radical (unpaired) electrons. The quantitative estimate of drug-likeness (QED) is 0.760. The van der Waals surface area contributed by atoms with Gasteiger partial charge in [-0.25, -0.2) is 0 Å². The summed E-state index contributed by atoms with van der Waals surface area (Å²) >= 11 is 13.5. The molecule has 18 heavy (non-hydrogen) atoms. The van der Waals surface area contributed by atoms with Crippen LogP contribution in [0.2, 0.25) is 0 Å². The van der Waals surface area contributed by atoms with Gasteiger partial charge in [-0.3, -0.25) is 0 Å². The van der Waals surface area contributed by atoms with E-state index in [4.69, 9.17) is 22.7 Å². The van der Waals surface area contributed by atoms with E-state index in [1.54, 1.807) is 11.3 Å². The van der Waals surface area contributed by atoms with Crippen LogP contribution in [-0.4, -0.2) is 4.99 Å². The molecule has 0 saturated carbocycles. The number of nitrogens with two attached hydrogens (primary N) is 1. The Hall–Kier alpha value is -0.430. The van der Waals surface area contributed by atoms with Gasteiger partial charge in [0.15, 0.2) is 0 Å². The van der Waals surface area contributed by atoms with E-state index in [1.807, 2.05) is 29.6 Å². The lowest BCUT2D eigenvalue weighted by Crippen LogP contribution is -2.11. The molecule has 0 saturated heterocycles. The third-order valence-electron chi connectivity index (χ3n) is 2.20. The summed E-state index contributed by atoms with van der Waals surface area (Å²) in [5.74, 6) is 0.704. The van der Waals surface area contributed by atoms with Gasteiger partial charge >= 0.3 is 0 Å². The molecule has 0 unspecified atom stereocenters. The van der Waals surface area contributed by atoms with Crippen molar-refractivity contribution in [2.45, 2.75) is 6.61 Å². The average Bonchev–Trinajstić information content (AvgIpc) is 2.73. The van der Waals surface area contributed by atoms with E-state index in [9.17, 15) is 0 Å². The predicted molar refractivity (Wildman–Crippen MR) is 86.4 cm³/mol.